The number of hydrogen-bond acceptors (Lipinski definition) is 2. The van der Waals surface area contributed by atoms with E-state index < -0.39 is 0 Å². The minimum atomic E-state index is -0.161. The highest BCUT2D eigenvalue weighted by Crippen LogP contribution is 2.22. The predicted molar refractivity (Wildman–Crippen MR) is 55.7 cm³/mol. The Bertz CT molecular complexity index is 141. The standard InChI is InChI=1S/C11H23NO/c1-9(2)11(13)8-12(3)10-6-4-5-7-10/h9-11,13H,4-8H2,1-3H3. The lowest BCUT2D eigenvalue weighted by atomic mass is 10.1. The summed E-state index contributed by atoms with van der Waals surface area (Å²) in [6.07, 6.45) is 5.22. The van der Waals surface area contributed by atoms with Crippen molar-refractivity contribution in [1.29, 1.82) is 0 Å². The first-order valence-electron chi connectivity index (χ1n) is 5.49. The van der Waals surface area contributed by atoms with Crippen LogP contribution in [0.4, 0.5) is 0 Å². The Hall–Kier alpha value is -0.0800. The molecule has 0 aromatic carbocycles. The van der Waals surface area contributed by atoms with Crippen LogP contribution in [0.25, 0.3) is 0 Å². The van der Waals surface area contributed by atoms with Gasteiger partial charge in [-0.15, -0.1) is 0 Å². The molecule has 78 valence electrons. The zero-order valence-corrected chi connectivity index (χ0v) is 9.16. The molecular formula is C11H23NO. The first-order valence-corrected chi connectivity index (χ1v) is 5.49. The van der Waals surface area contributed by atoms with E-state index in [0.717, 1.165) is 12.6 Å². The van der Waals surface area contributed by atoms with E-state index in [4.69, 9.17) is 0 Å². The molecule has 0 aromatic heterocycles. The van der Waals surface area contributed by atoms with E-state index in [-0.39, 0.29) is 6.10 Å². The molecule has 1 aliphatic rings. The molecule has 1 atom stereocenters. The molecule has 2 nitrogen and oxygen atoms in total. The van der Waals surface area contributed by atoms with Crippen LogP contribution in [0.1, 0.15) is 39.5 Å². The predicted octanol–water partition coefficient (Wildman–Crippen LogP) is 1.88. The number of aliphatic hydroxyl groups is 1. The van der Waals surface area contributed by atoms with E-state index in [0.29, 0.717) is 5.92 Å². The molecule has 0 spiro atoms. The van der Waals surface area contributed by atoms with Crippen molar-refractivity contribution in [2.24, 2.45) is 5.92 Å². The van der Waals surface area contributed by atoms with E-state index in [1.807, 2.05) is 0 Å². The first kappa shape index (κ1) is 11.0. The van der Waals surface area contributed by atoms with Crippen LogP contribution in [0.5, 0.6) is 0 Å². The van der Waals surface area contributed by atoms with Crippen LogP contribution >= 0.6 is 0 Å². The summed E-state index contributed by atoms with van der Waals surface area (Å²) in [5.41, 5.74) is 0. The minimum Gasteiger partial charge on any atom is -0.392 e. The molecular weight excluding hydrogens is 162 g/mol. The highest BCUT2D eigenvalue weighted by atomic mass is 16.3. The number of likely N-dealkylation sites (N-methyl/N-ethyl adjacent to an activating group) is 1. The Kier molecular flexibility index (Phi) is 4.20. The van der Waals surface area contributed by atoms with Crippen LogP contribution < -0.4 is 0 Å². The lowest BCUT2D eigenvalue weighted by Gasteiger charge is -2.27. The second-order valence-corrected chi connectivity index (χ2v) is 4.69. The SMILES string of the molecule is CC(C)C(O)CN(C)C1CCCC1. The molecule has 1 unspecified atom stereocenters. The summed E-state index contributed by atoms with van der Waals surface area (Å²) in [5.74, 6) is 0.379. The molecule has 0 radical (unpaired) electrons. The normalized spacial score (nSPS) is 21.7. The van der Waals surface area contributed by atoms with Gasteiger partial charge in [-0.25, -0.2) is 0 Å². The van der Waals surface area contributed by atoms with Gasteiger partial charge < -0.3 is 10.0 Å². The van der Waals surface area contributed by atoms with Crippen molar-refractivity contribution in [2.75, 3.05) is 13.6 Å². The summed E-state index contributed by atoms with van der Waals surface area (Å²) in [7, 11) is 2.14. The van der Waals surface area contributed by atoms with Gasteiger partial charge in [0.25, 0.3) is 0 Å². The van der Waals surface area contributed by atoms with E-state index in [2.05, 4.69) is 25.8 Å². The third-order valence-electron chi connectivity index (χ3n) is 3.19. The maximum Gasteiger partial charge on any atom is 0.0689 e. The minimum absolute atomic E-state index is 0.161. The monoisotopic (exact) mass is 185 g/mol. The van der Waals surface area contributed by atoms with E-state index in [1.165, 1.54) is 25.7 Å². The number of rotatable bonds is 4. The largest absolute Gasteiger partial charge is 0.392 e. The van der Waals surface area contributed by atoms with Gasteiger partial charge in [0.2, 0.25) is 0 Å². The van der Waals surface area contributed by atoms with Crippen LogP contribution in [-0.4, -0.2) is 35.7 Å². The van der Waals surface area contributed by atoms with Gasteiger partial charge in [-0.1, -0.05) is 26.7 Å². The second kappa shape index (κ2) is 4.97. The third kappa shape index (κ3) is 3.28. The van der Waals surface area contributed by atoms with Crippen molar-refractivity contribution in [2.45, 2.75) is 51.7 Å². The van der Waals surface area contributed by atoms with Crippen LogP contribution in [0.15, 0.2) is 0 Å². The van der Waals surface area contributed by atoms with Crippen molar-refractivity contribution < 1.29 is 5.11 Å². The summed E-state index contributed by atoms with van der Waals surface area (Å²) in [4.78, 5) is 2.33. The Morgan fingerprint density at radius 3 is 2.31 bits per heavy atom. The summed E-state index contributed by atoms with van der Waals surface area (Å²) in [6, 6.07) is 0.730. The lowest BCUT2D eigenvalue weighted by Crippen LogP contribution is -2.37. The molecule has 1 fully saturated rings. The molecule has 1 rings (SSSR count). The second-order valence-electron chi connectivity index (χ2n) is 4.69. The Morgan fingerprint density at radius 1 is 1.31 bits per heavy atom. The quantitative estimate of drug-likeness (QED) is 0.723. The number of nitrogens with zero attached hydrogens (tertiary/aromatic N) is 1. The van der Waals surface area contributed by atoms with Crippen molar-refractivity contribution in [3.63, 3.8) is 0 Å². The van der Waals surface area contributed by atoms with Gasteiger partial charge in [-0.05, 0) is 25.8 Å². The highest BCUT2D eigenvalue weighted by Gasteiger charge is 2.22. The van der Waals surface area contributed by atoms with Gasteiger partial charge in [0.15, 0.2) is 0 Å². The average Bonchev–Trinajstić information content (AvgIpc) is 2.55. The molecule has 0 aromatic rings. The van der Waals surface area contributed by atoms with Crippen molar-refractivity contribution in [3.8, 4) is 0 Å². The van der Waals surface area contributed by atoms with E-state index in [1.54, 1.807) is 0 Å². The molecule has 2 heteroatoms. The fourth-order valence-electron chi connectivity index (χ4n) is 2.00. The van der Waals surface area contributed by atoms with Crippen molar-refractivity contribution in [3.05, 3.63) is 0 Å². The summed E-state index contributed by atoms with van der Waals surface area (Å²) in [6.45, 7) is 4.99. The zero-order valence-electron chi connectivity index (χ0n) is 9.16. The fourth-order valence-corrected chi connectivity index (χ4v) is 2.00. The average molecular weight is 185 g/mol. The van der Waals surface area contributed by atoms with Crippen LogP contribution in [-0.2, 0) is 0 Å². The summed E-state index contributed by atoms with van der Waals surface area (Å²) in [5, 5.41) is 9.72. The topological polar surface area (TPSA) is 23.5 Å². The van der Waals surface area contributed by atoms with Gasteiger partial charge in [0.1, 0.15) is 0 Å². The molecule has 1 saturated carbocycles. The molecule has 1 aliphatic carbocycles. The Balaban J connectivity index is 2.26. The molecule has 0 saturated heterocycles. The van der Waals surface area contributed by atoms with Crippen LogP contribution in [0, 0.1) is 5.92 Å². The van der Waals surface area contributed by atoms with Crippen molar-refractivity contribution in [1.82, 2.24) is 4.90 Å². The molecule has 0 aliphatic heterocycles. The molecule has 1 N–H and O–H groups in total. The molecule has 0 bridgehead atoms. The van der Waals surface area contributed by atoms with Crippen molar-refractivity contribution >= 4 is 0 Å². The van der Waals surface area contributed by atoms with Gasteiger partial charge in [-0.3, -0.25) is 0 Å². The van der Waals surface area contributed by atoms with Crippen LogP contribution in [0.2, 0.25) is 0 Å². The van der Waals surface area contributed by atoms with Gasteiger partial charge in [-0.2, -0.15) is 0 Å². The smallest absolute Gasteiger partial charge is 0.0689 e. The maximum atomic E-state index is 9.72. The first-order chi connectivity index (χ1) is 6.11. The molecule has 13 heavy (non-hydrogen) atoms. The van der Waals surface area contributed by atoms with Gasteiger partial charge in [0.05, 0.1) is 6.10 Å². The van der Waals surface area contributed by atoms with Gasteiger partial charge >= 0.3 is 0 Å². The maximum absolute atomic E-state index is 9.72. The lowest BCUT2D eigenvalue weighted by molar-refractivity contribution is 0.0710. The van der Waals surface area contributed by atoms with Crippen LogP contribution in [0.3, 0.4) is 0 Å². The van der Waals surface area contributed by atoms with E-state index in [9.17, 15) is 5.11 Å². The number of aliphatic hydroxyl groups excluding tert-OH is 1. The summed E-state index contributed by atoms with van der Waals surface area (Å²) < 4.78 is 0. The number of hydrogen-bond donors (Lipinski definition) is 1. The highest BCUT2D eigenvalue weighted by molar-refractivity contribution is 4.77. The fraction of sp³-hybridized carbons (Fsp3) is 1.00. The third-order valence-corrected chi connectivity index (χ3v) is 3.19. The Morgan fingerprint density at radius 2 is 1.85 bits per heavy atom. The van der Waals surface area contributed by atoms with E-state index >= 15 is 0 Å². The molecule has 0 amide bonds. The Labute approximate surface area is 81.9 Å². The zero-order chi connectivity index (χ0) is 9.84. The van der Waals surface area contributed by atoms with Gasteiger partial charge in [0, 0.05) is 12.6 Å². The molecule has 0 heterocycles. The summed E-state index contributed by atoms with van der Waals surface area (Å²) >= 11 is 0.